The van der Waals surface area contributed by atoms with Gasteiger partial charge in [-0.05, 0) is 47.4 Å². The first-order chi connectivity index (χ1) is 9.99. The number of benzene rings is 2. The minimum atomic E-state index is -0.628. The Balaban J connectivity index is 2.42. The molecular formula is C17H14F2O2. The van der Waals surface area contributed by atoms with Crippen molar-refractivity contribution >= 4 is 11.5 Å². The fourth-order valence-electron chi connectivity index (χ4n) is 1.98. The molecule has 0 spiro atoms. The van der Waals surface area contributed by atoms with E-state index in [0.29, 0.717) is 16.7 Å². The normalized spacial score (nSPS) is 11.3. The van der Waals surface area contributed by atoms with Gasteiger partial charge < -0.3 is 4.74 Å². The van der Waals surface area contributed by atoms with Gasteiger partial charge in [0.15, 0.2) is 0 Å². The Labute approximate surface area is 121 Å². The quantitative estimate of drug-likeness (QED) is 0.624. The second-order valence-electron chi connectivity index (χ2n) is 4.59. The maximum Gasteiger partial charge on any atom is 0.330 e. The predicted molar refractivity (Wildman–Crippen MR) is 77.5 cm³/mol. The van der Waals surface area contributed by atoms with Crippen LogP contribution in [0.4, 0.5) is 8.78 Å². The Hall–Kier alpha value is -2.49. The van der Waals surface area contributed by atoms with Crippen molar-refractivity contribution < 1.29 is 18.3 Å². The molecule has 0 radical (unpaired) electrons. The summed E-state index contributed by atoms with van der Waals surface area (Å²) in [5.74, 6) is -1.70. The molecule has 2 aromatic rings. The fraction of sp³-hybridized carbons (Fsp3) is 0.118. The summed E-state index contributed by atoms with van der Waals surface area (Å²) in [6.07, 6.45) is 1.37. The van der Waals surface area contributed by atoms with E-state index in [0.717, 1.165) is 11.6 Å². The monoisotopic (exact) mass is 288 g/mol. The van der Waals surface area contributed by atoms with E-state index in [1.165, 1.54) is 25.3 Å². The van der Waals surface area contributed by atoms with Gasteiger partial charge in [0.05, 0.1) is 7.11 Å². The van der Waals surface area contributed by atoms with Crippen LogP contribution in [0.15, 0.2) is 48.5 Å². The SMILES string of the molecule is COC(=O)/C=C(\C)c1cccc(-c2cc(F)cc(F)c2)c1. The predicted octanol–water partition coefficient (Wildman–Crippen LogP) is 4.21. The third kappa shape index (κ3) is 3.75. The molecule has 2 nitrogen and oxygen atoms in total. The third-order valence-electron chi connectivity index (χ3n) is 3.05. The standard InChI is InChI=1S/C17H14F2O2/c1-11(6-17(20)21-2)12-4-3-5-13(7-12)14-8-15(18)10-16(19)9-14/h3-10H,1-2H3/b11-6+. The molecule has 0 aliphatic heterocycles. The highest BCUT2D eigenvalue weighted by Crippen LogP contribution is 2.25. The lowest BCUT2D eigenvalue weighted by Crippen LogP contribution is -1.95. The van der Waals surface area contributed by atoms with E-state index in [1.54, 1.807) is 25.1 Å². The van der Waals surface area contributed by atoms with E-state index in [2.05, 4.69) is 4.74 Å². The van der Waals surface area contributed by atoms with Gasteiger partial charge in [0.25, 0.3) is 0 Å². The molecule has 0 heterocycles. The highest BCUT2D eigenvalue weighted by molar-refractivity contribution is 5.91. The molecule has 0 N–H and O–H groups in total. The molecule has 0 saturated carbocycles. The summed E-state index contributed by atoms with van der Waals surface area (Å²) >= 11 is 0. The summed E-state index contributed by atoms with van der Waals surface area (Å²) in [4.78, 5) is 11.2. The molecule has 21 heavy (non-hydrogen) atoms. The summed E-state index contributed by atoms with van der Waals surface area (Å²) in [6, 6.07) is 10.5. The molecular weight excluding hydrogens is 274 g/mol. The average molecular weight is 288 g/mol. The molecule has 0 bridgehead atoms. The third-order valence-corrected chi connectivity index (χ3v) is 3.05. The van der Waals surface area contributed by atoms with Gasteiger partial charge >= 0.3 is 5.97 Å². The van der Waals surface area contributed by atoms with Crippen LogP contribution >= 0.6 is 0 Å². The second-order valence-corrected chi connectivity index (χ2v) is 4.59. The first kappa shape index (κ1) is 14.9. The van der Waals surface area contributed by atoms with Gasteiger partial charge in [0.1, 0.15) is 11.6 Å². The van der Waals surface area contributed by atoms with Crippen molar-refractivity contribution in [2.75, 3.05) is 7.11 Å². The van der Waals surface area contributed by atoms with Gasteiger partial charge in [-0.25, -0.2) is 13.6 Å². The van der Waals surface area contributed by atoms with Crippen LogP contribution in [-0.4, -0.2) is 13.1 Å². The summed E-state index contributed by atoms with van der Waals surface area (Å²) < 4.78 is 31.1. The molecule has 0 fully saturated rings. The molecule has 0 aliphatic rings. The van der Waals surface area contributed by atoms with E-state index in [-0.39, 0.29) is 0 Å². The lowest BCUT2D eigenvalue weighted by molar-refractivity contribution is -0.134. The molecule has 2 rings (SSSR count). The van der Waals surface area contributed by atoms with Crippen molar-refractivity contribution in [1.82, 2.24) is 0 Å². The summed E-state index contributed by atoms with van der Waals surface area (Å²) in [6.45, 7) is 1.77. The van der Waals surface area contributed by atoms with Crippen LogP contribution in [0.25, 0.3) is 16.7 Å². The summed E-state index contributed by atoms with van der Waals surface area (Å²) in [5, 5.41) is 0. The smallest absolute Gasteiger partial charge is 0.330 e. The Morgan fingerprint density at radius 1 is 1.05 bits per heavy atom. The zero-order valence-corrected chi connectivity index (χ0v) is 11.7. The van der Waals surface area contributed by atoms with Crippen molar-refractivity contribution in [2.45, 2.75) is 6.92 Å². The largest absolute Gasteiger partial charge is 0.466 e. The van der Waals surface area contributed by atoms with Gasteiger partial charge in [0, 0.05) is 12.1 Å². The molecule has 0 aliphatic carbocycles. The van der Waals surface area contributed by atoms with Crippen molar-refractivity contribution in [1.29, 1.82) is 0 Å². The molecule has 4 heteroatoms. The molecule has 108 valence electrons. The molecule has 0 saturated heterocycles. The number of rotatable bonds is 3. The van der Waals surface area contributed by atoms with Crippen LogP contribution < -0.4 is 0 Å². The first-order valence-corrected chi connectivity index (χ1v) is 6.33. The van der Waals surface area contributed by atoms with Gasteiger partial charge in [0.2, 0.25) is 0 Å². The first-order valence-electron chi connectivity index (χ1n) is 6.33. The summed E-state index contributed by atoms with van der Waals surface area (Å²) in [5.41, 5.74) is 2.60. The number of ether oxygens (including phenoxy) is 1. The number of hydrogen-bond acceptors (Lipinski definition) is 2. The molecule has 0 aromatic heterocycles. The number of methoxy groups -OCH3 is 1. The lowest BCUT2D eigenvalue weighted by atomic mass is 9.99. The van der Waals surface area contributed by atoms with Gasteiger partial charge in [-0.1, -0.05) is 18.2 Å². The van der Waals surface area contributed by atoms with E-state index >= 15 is 0 Å². The number of allylic oxidation sites excluding steroid dienone is 1. The Kier molecular flexibility index (Phi) is 4.48. The zero-order valence-electron chi connectivity index (χ0n) is 11.7. The number of halogens is 2. The molecule has 0 atom stereocenters. The summed E-state index contributed by atoms with van der Waals surface area (Å²) in [7, 11) is 1.30. The second kappa shape index (κ2) is 6.31. The van der Waals surface area contributed by atoms with Crippen LogP contribution in [0.2, 0.25) is 0 Å². The van der Waals surface area contributed by atoms with E-state index in [1.807, 2.05) is 6.07 Å². The van der Waals surface area contributed by atoms with Crippen molar-refractivity contribution in [3.8, 4) is 11.1 Å². The van der Waals surface area contributed by atoms with Gasteiger partial charge in [-0.15, -0.1) is 0 Å². The highest BCUT2D eigenvalue weighted by atomic mass is 19.1. The maximum atomic E-state index is 13.3. The maximum absolute atomic E-state index is 13.3. The van der Waals surface area contributed by atoms with Crippen molar-refractivity contribution in [2.24, 2.45) is 0 Å². The van der Waals surface area contributed by atoms with Gasteiger partial charge in [-0.2, -0.15) is 0 Å². The van der Waals surface area contributed by atoms with Crippen molar-refractivity contribution in [3.63, 3.8) is 0 Å². The van der Waals surface area contributed by atoms with E-state index in [4.69, 9.17) is 0 Å². The Morgan fingerprint density at radius 3 is 2.33 bits per heavy atom. The Morgan fingerprint density at radius 2 is 1.71 bits per heavy atom. The van der Waals surface area contributed by atoms with Crippen LogP contribution in [0.1, 0.15) is 12.5 Å². The minimum absolute atomic E-state index is 0.445. The minimum Gasteiger partial charge on any atom is -0.466 e. The Bertz CT molecular complexity index is 685. The number of esters is 1. The molecule has 0 unspecified atom stereocenters. The molecule has 0 amide bonds. The number of hydrogen-bond donors (Lipinski definition) is 0. The van der Waals surface area contributed by atoms with Crippen molar-refractivity contribution in [3.05, 3.63) is 65.7 Å². The van der Waals surface area contributed by atoms with Gasteiger partial charge in [-0.3, -0.25) is 0 Å². The van der Waals surface area contributed by atoms with E-state index in [9.17, 15) is 13.6 Å². The lowest BCUT2D eigenvalue weighted by Gasteiger charge is -2.07. The van der Waals surface area contributed by atoms with Crippen LogP contribution in [0.3, 0.4) is 0 Å². The number of carbonyl (C=O) groups excluding carboxylic acids is 1. The van der Waals surface area contributed by atoms with Crippen LogP contribution in [0, 0.1) is 11.6 Å². The molecule has 2 aromatic carbocycles. The average Bonchev–Trinajstić information content (AvgIpc) is 2.46. The van der Waals surface area contributed by atoms with E-state index < -0.39 is 17.6 Å². The van der Waals surface area contributed by atoms with Crippen LogP contribution in [0.5, 0.6) is 0 Å². The highest BCUT2D eigenvalue weighted by Gasteiger charge is 2.06. The fourth-order valence-corrected chi connectivity index (χ4v) is 1.98. The topological polar surface area (TPSA) is 26.3 Å². The zero-order chi connectivity index (χ0) is 15.4. The van der Waals surface area contributed by atoms with Crippen LogP contribution in [-0.2, 0) is 9.53 Å². The number of carbonyl (C=O) groups is 1.